The van der Waals surface area contributed by atoms with E-state index in [4.69, 9.17) is 4.42 Å². The van der Waals surface area contributed by atoms with Gasteiger partial charge in [-0.2, -0.15) is 0 Å². The predicted molar refractivity (Wildman–Crippen MR) is 112 cm³/mol. The monoisotopic (exact) mass is 403 g/mol. The molecule has 1 aliphatic rings. The van der Waals surface area contributed by atoms with Crippen molar-refractivity contribution in [2.45, 2.75) is 25.3 Å². The number of furan rings is 1. The largest absolute Gasteiger partial charge is 0.508 e. The van der Waals surface area contributed by atoms with Gasteiger partial charge in [-0.3, -0.25) is 14.2 Å². The SMILES string of the molecule is O=C(Cn1cnc2c(oc3ccccc32)c1=O)N1CCC(c2ccc(O)cc2)CC1. The summed E-state index contributed by atoms with van der Waals surface area (Å²) in [5.41, 5.74) is 2.14. The van der Waals surface area contributed by atoms with E-state index in [1.807, 2.05) is 30.3 Å². The molecule has 7 nitrogen and oxygen atoms in total. The Kier molecular flexibility index (Phi) is 4.50. The molecule has 0 aliphatic carbocycles. The van der Waals surface area contributed by atoms with Gasteiger partial charge in [-0.05, 0) is 48.6 Å². The first-order chi connectivity index (χ1) is 14.6. The van der Waals surface area contributed by atoms with Gasteiger partial charge in [0.15, 0.2) is 0 Å². The summed E-state index contributed by atoms with van der Waals surface area (Å²) in [5, 5.41) is 10.2. The van der Waals surface area contributed by atoms with Crippen LogP contribution in [0.1, 0.15) is 24.3 Å². The number of rotatable bonds is 3. The van der Waals surface area contributed by atoms with Gasteiger partial charge in [-0.15, -0.1) is 0 Å². The number of para-hydroxylation sites is 1. The molecule has 3 heterocycles. The first-order valence-electron chi connectivity index (χ1n) is 10.0. The number of phenols is 1. The van der Waals surface area contributed by atoms with E-state index < -0.39 is 0 Å². The smallest absolute Gasteiger partial charge is 0.297 e. The lowest BCUT2D eigenvalue weighted by Crippen LogP contribution is -2.41. The summed E-state index contributed by atoms with van der Waals surface area (Å²) in [6.07, 6.45) is 3.13. The van der Waals surface area contributed by atoms with Crippen molar-refractivity contribution in [1.29, 1.82) is 0 Å². The molecule has 1 amide bonds. The van der Waals surface area contributed by atoms with Gasteiger partial charge < -0.3 is 14.4 Å². The van der Waals surface area contributed by atoms with E-state index in [1.54, 1.807) is 23.1 Å². The maximum Gasteiger partial charge on any atom is 0.297 e. The molecule has 2 aromatic carbocycles. The topological polar surface area (TPSA) is 88.6 Å². The van der Waals surface area contributed by atoms with Gasteiger partial charge in [-0.1, -0.05) is 24.3 Å². The third kappa shape index (κ3) is 3.22. The Balaban J connectivity index is 1.30. The van der Waals surface area contributed by atoms with E-state index in [0.29, 0.717) is 30.1 Å². The van der Waals surface area contributed by atoms with Crippen LogP contribution in [0.5, 0.6) is 5.75 Å². The third-order valence-electron chi connectivity index (χ3n) is 5.87. The number of hydrogen-bond donors (Lipinski definition) is 1. The molecule has 1 N–H and O–H groups in total. The first-order valence-corrected chi connectivity index (χ1v) is 10.0. The van der Waals surface area contributed by atoms with Crippen molar-refractivity contribution in [2.75, 3.05) is 13.1 Å². The number of nitrogens with zero attached hydrogens (tertiary/aromatic N) is 3. The van der Waals surface area contributed by atoms with Crippen molar-refractivity contribution < 1.29 is 14.3 Å². The van der Waals surface area contributed by atoms with Gasteiger partial charge in [0.2, 0.25) is 11.5 Å². The van der Waals surface area contributed by atoms with Crippen LogP contribution in [0.25, 0.3) is 22.1 Å². The van der Waals surface area contributed by atoms with Crippen LogP contribution < -0.4 is 5.56 Å². The van der Waals surface area contributed by atoms with Crippen molar-refractivity contribution in [1.82, 2.24) is 14.5 Å². The number of benzene rings is 2. The molecule has 7 heteroatoms. The fourth-order valence-corrected chi connectivity index (χ4v) is 4.18. The van der Waals surface area contributed by atoms with Gasteiger partial charge in [0.05, 0.1) is 6.33 Å². The highest BCUT2D eigenvalue weighted by Crippen LogP contribution is 2.29. The van der Waals surface area contributed by atoms with Crippen LogP contribution in [0.4, 0.5) is 0 Å². The Hall–Kier alpha value is -3.61. The summed E-state index contributed by atoms with van der Waals surface area (Å²) < 4.78 is 7.00. The number of carbonyl (C=O) groups is 1. The minimum atomic E-state index is -0.344. The second kappa shape index (κ2) is 7.33. The van der Waals surface area contributed by atoms with Crippen molar-refractivity contribution in [3.8, 4) is 5.75 Å². The number of amides is 1. The number of hydrogen-bond acceptors (Lipinski definition) is 5. The quantitative estimate of drug-likeness (QED) is 0.567. The van der Waals surface area contributed by atoms with Crippen LogP contribution in [-0.2, 0) is 11.3 Å². The van der Waals surface area contributed by atoms with Gasteiger partial charge in [0, 0.05) is 18.5 Å². The lowest BCUT2D eigenvalue weighted by Gasteiger charge is -2.32. The van der Waals surface area contributed by atoms with Gasteiger partial charge >= 0.3 is 0 Å². The molecular formula is C23H21N3O4. The fraction of sp³-hybridized carbons (Fsp3) is 0.261. The van der Waals surface area contributed by atoms with Gasteiger partial charge in [-0.25, -0.2) is 4.98 Å². The van der Waals surface area contributed by atoms with E-state index >= 15 is 0 Å². The molecular weight excluding hydrogens is 382 g/mol. The maximum atomic E-state index is 12.8. The Bertz CT molecular complexity index is 1280. The molecule has 0 saturated carbocycles. The van der Waals surface area contributed by atoms with Crippen molar-refractivity contribution in [2.24, 2.45) is 0 Å². The van der Waals surface area contributed by atoms with Gasteiger partial charge in [0.25, 0.3) is 5.56 Å². The molecule has 1 fully saturated rings. The Morgan fingerprint density at radius 1 is 1.10 bits per heavy atom. The predicted octanol–water partition coefficient (Wildman–Crippen LogP) is 3.25. The summed E-state index contributed by atoms with van der Waals surface area (Å²) in [6.45, 7) is 1.22. The molecule has 30 heavy (non-hydrogen) atoms. The first kappa shape index (κ1) is 18.4. The second-order valence-corrected chi connectivity index (χ2v) is 7.70. The number of fused-ring (bicyclic) bond motifs is 3. The average molecular weight is 403 g/mol. The minimum absolute atomic E-state index is 0.0529. The molecule has 0 atom stereocenters. The van der Waals surface area contributed by atoms with E-state index in [0.717, 1.165) is 18.2 Å². The molecule has 5 rings (SSSR count). The summed E-state index contributed by atoms with van der Waals surface area (Å²) in [4.78, 5) is 31.8. The standard InChI is InChI=1S/C23H21N3O4/c27-17-7-5-15(6-8-17)16-9-11-25(12-10-16)20(28)13-26-14-24-21-18-3-1-2-4-19(18)30-22(21)23(26)29/h1-8,14,16,27H,9-13H2. The number of piperidine rings is 1. The Morgan fingerprint density at radius 2 is 1.83 bits per heavy atom. The van der Waals surface area contributed by atoms with Crippen LogP contribution in [0.15, 0.2) is 64.1 Å². The highest BCUT2D eigenvalue weighted by molar-refractivity contribution is 6.01. The molecule has 0 unspecified atom stereocenters. The number of aromatic nitrogens is 2. The third-order valence-corrected chi connectivity index (χ3v) is 5.87. The van der Waals surface area contributed by atoms with E-state index in [1.165, 1.54) is 16.5 Å². The lowest BCUT2D eigenvalue weighted by molar-refractivity contribution is -0.132. The summed E-state index contributed by atoms with van der Waals surface area (Å²) in [6, 6.07) is 14.6. The zero-order valence-electron chi connectivity index (χ0n) is 16.3. The number of carbonyl (C=O) groups excluding carboxylic acids is 1. The van der Waals surface area contributed by atoms with Crippen molar-refractivity contribution in [3.05, 3.63) is 70.8 Å². The molecule has 1 saturated heterocycles. The number of aromatic hydroxyl groups is 1. The van der Waals surface area contributed by atoms with E-state index in [9.17, 15) is 14.7 Å². The molecule has 152 valence electrons. The number of likely N-dealkylation sites (tertiary alicyclic amines) is 1. The molecule has 0 radical (unpaired) electrons. The van der Waals surface area contributed by atoms with E-state index in [-0.39, 0.29) is 29.3 Å². The normalized spacial score (nSPS) is 15.1. The van der Waals surface area contributed by atoms with Crippen molar-refractivity contribution in [3.63, 3.8) is 0 Å². The average Bonchev–Trinajstić information content (AvgIpc) is 3.16. The molecule has 1 aliphatic heterocycles. The van der Waals surface area contributed by atoms with Crippen LogP contribution in [0.2, 0.25) is 0 Å². The summed E-state index contributed by atoms with van der Waals surface area (Å²) >= 11 is 0. The molecule has 0 spiro atoms. The van der Waals surface area contributed by atoms with E-state index in [2.05, 4.69) is 4.98 Å². The van der Waals surface area contributed by atoms with Crippen molar-refractivity contribution >= 4 is 28.0 Å². The summed E-state index contributed by atoms with van der Waals surface area (Å²) in [5.74, 6) is 0.524. The fourth-order valence-electron chi connectivity index (χ4n) is 4.18. The maximum absolute atomic E-state index is 12.8. The Morgan fingerprint density at radius 3 is 2.60 bits per heavy atom. The van der Waals surface area contributed by atoms with Gasteiger partial charge in [0.1, 0.15) is 23.4 Å². The Labute approximate surface area is 172 Å². The second-order valence-electron chi connectivity index (χ2n) is 7.70. The minimum Gasteiger partial charge on any atom is -0.508 e. The molecule has 2 aromatic heterocycles. The van der Waals surface area contributed by atoms with Crippen LogP contribution in [-0.4, -0.2) is 38.6 Å². The number of phenolic OH excluding ortho intramolecular Hbond substituents is 1. The molecule has 4 aromatic rings. The highest BCUT2D eigenvalue weighted by atomic mass is 16.3. The summed E-state index contributed by atoms with van der Waals surface area (Å²) in [7, 11) is 0. The molecule has 0 bridgehead atoms. The lowest BCUT2D eigenvalue weighted by atomic mass is 9.89. The van der Waals surface area contributed by atoms with Crippen LogP contribution in [0.3, 0.4) is 0 Å². The zero-order chi connectivity index (χ0) is 20.7. The zero-order valence-corrected chi connectivity index (χ0v) is 16.3. The highest BCUT2D eigenvalue weighted by Gasteiger charge is 2.24. The van der Waals surface area contributed by atoms with Crippen LogP contribution in [0, 0.1) is 0 Å². The van der Waals surface area contributed by atoms with Crippen LogP contribution >= 0.6 is 0 Å².